The number of aromatic nitrogens is 1. The number of hydrogen-bond donors (Lipinski definition) is 2. The van der Waals surface area contributed by atoms with Gasteiger partial charge in [-0.05, 0) is 39.8 Å². The van der Waals surface area contributed by atoms with Gasteiger partial charge in [-0.2, -0.15) is 0 Å². The molecule has 1 aromatic heterocycles. The third-order valence-electron chi connectivity index (χ3n) is 3.91. The summed E-state index contributed by atoms with van der Waals surface area (Å²) in [6.07, 6.45) is 0. The summed E-state index contributed by atoms with van der Waals surface area (Å²) in [6, 6.07) is 7.85. The maximum atomic E-state index is 12.0. The number of carbonyl (C=O) groups excluding carboxylic acids is 1. The molecule has 2 aromatic rings. The number of esters is 1. The molecule has 7 nitrogen and oxygen atoms in total. The minimum atomic E-state index is -0.327. The molecule has 0 saturated carbocycles. The van der Waals surface area contributed by atoms with Crippen LogP contribution >= 0.6 is 35.3 Å². The van der Waals surface area contributed by atoms with E-state index in [9.17, 15) is 4.79 Å². The monoisotopic (exact) mass is 532 g/mol. The lowest BCUT2D eigenvalue weighted by Crippen LogP contribution is -2.40. The number of hydrogen-bond acceptors (Lipinski definition) is 6. The lowest BCUT2D eigenvalue weighted by Gasteiger charge is -2.16. The molecular formula is C20H29IN4O3S. The third kappa shape index (κ3) is 7.81. The van der Waals surface area contributed by atoms with Gasteiger partial charge in [-0.15, -0.1) is 35.3 Å². The zero-order valence-electron chi connectivity index (χ0n) is 17.4. The van der Waals surface area contributed by atoms with Gasteiger partial charge in [-0.1, -0.05) is 17.7 Å². The highest BCUT2D eigenvalue weighted by atomic mass is 127. The van der Waals surface area contributed by atoms with Gasteiger partial charge in [-0.25, -0.2) is 9.78 Å². The predicted molar refractivity (Wildman–Crippen MR) is 128 cm³/mol. The summed E-state index contributed by atoms with van der Waals surface area (Å²) in [5.41, 5.74) is 1.88. The van der Waals surface area contributed by atoms with Crippen LogP contribution in [0.2, 0.25) is 0 Å². The lowest BCUT2D eigenvalue weighted by molar-refractivity contribution is 0.0531. The Morgan fingerprint density at radius 3 is 2.59 bits per heavy atom. The Bertz CT molecular complexity index is 809. The van der Waals surface area contributed by atoms with Crippen LogP contribution in [0.5, 0.6) is 5.75 Å². The van der Waals surface area contributed by atoms with E-state index < -0.39 is 0 Å². The second-order valence-electron chi connectivity index (χ2n) is 6.21. The molecule has 0 radical (unpaired) electrons. The number of halogens is 1. The van der Waals surface area contributed by atoms with E-state index in [-0.39, 0.29) is 36.0 Å². The van der Waals surface area contributed by atoms with Crippen molar-refractivity contribution in [1.29, 1.82) is 0 Å². The van der Waals surface area contributed by atoms with Crippen molar-refractivity contribution in [3.8, 4) is 5.75 Å². The molecule has 1 aromatic carbocycles. The zero-order chi connectivity index (χ0) is 20.5. The van der Waals surface area contributed by atoms with Gasteiger partial charge in [0, 0.05) is 7.05 Å². The first-order chi connectivity index (χ1) is 13.4. The molecule has 0 aliphatic heterocycles. The fourth-order valence-electron chi connectivity index (χ4n) is 2.42. The van der Waals surface area contributed by atoms with Crippen LogP contribution in [0.15, 0.2) is 29.3 Å². The Hall–Kier alpha value is -1.88. The van der Waals surface area contributed by atoms with Crippen molar-refractivity contribution < 1.29 is 14.3 Å². The molecule has 29 heavy (non-hydrogen) atoms. The number of guanidine groups is 1. The van der Waals surface area contributed by atoms with Crippen LogP contribution in [-0.4, -0.2) is 43.7 Å². The number of carbonyl (C=O) groups is 1. The maximum absolute atomic E-state index is 12.0. The molecule has 0 aliphatic carbocycles. The predicted octanol–water partition coefficient (Wildman–Crippen LogP) is 3.86. The Morgan fingerprint density at radius 1 is 1.28 bits per heavy atom. The molecule has 0 aliphatic rings. The SMILES string of the molecule is CCOC(=O)c1sc(C(C)NC(=NC)NCCOc2ccc(C)cc2)nc1C.I. The van der Waals surface area contributed by atoms with Gasteiger partial charge in [0.1, 0.15) is 22.2 Å². The van der Waals surface area contributed by atoms with E-state index in [4.69, 9.17) is 9.47 Å². The summed E-state index contributed by atoms with van der Waals surface area (Å²) >= 11 is 1.34. The smallest absolute Gasteiger partial charge is 0.350 e. The molecule has 0 spiro atoms. The van der Waals surface area contributed by atoms with Gasteiger partial charge in [0.2, 0.25) is 0 Å². The topological polar surface area (TPSA) is 84.8 Å². The molecular weight excluding hydrogens is 503 g/mol. The summed E-state index contributed by atoms with van der Waals surface area (Å²) in [6.45, 7) is 9.09. The van der Waals surface area contributed by atoms with Crippen molar-refractivity contribution in [2.45, 2.75) is 33.7 Å². The molecule has 2 rings (SSSR count). The van der Waals surface area contributed by atoms with Crippen molar-refractivity contribution in [3.63, 3.8) is 0 Å². The molecule has 2 N–H and O–H groups in total. The Kier molecular flexibility index (Phi) is 11.0. The first-order valence-electron chi connectivity index (χ1n) is 9.25. The summed E-state index contributed by atoms with van der Waals surface area (Å²) in [7, 11) is 1.71. The van der Waals surface area contributed by atoms with E-state index in [0.717, 1.165) is 10.8 Å². The van der Waals surface area contributed by atoms with Crippen LogP contribution in [-0.2, 0) is 4.74 Å². The van der Waals surface area contributed by atoms with Gasteiger partial charge < -0.3 is 20.1 Å². The fourth-order valence-corrected chi connectivity index (χ4v) is 3.39. The van der Waals surface area contributed by atoms with Crippen LogP contribution in [0.3, 0.4) is 0 Å². The Balaban J connectivity index is 0.00000420. The standard InChI is InChI=1S/C20H28N4O3S.HI/c1-6-26-19(25)17-14(3)23-18(28-17)15(4)24-20(21-5)22-11-12-27-16-9-7-13(2)8-10-16;/h7-10,15H,6,11-12H2,1-5H3,(H2,21,22,24);1H. The average molecular weight is 532 g/mol. The van der Waals surface area contributed by atoms with Crippen LogP contribution in [0.1, 0.15) is 45.8 Å². The highest BCUT2D eigenvalue weighted by molar-refractivity contribution is 14.0. The third-order valence-corrected chi connectivity index (χ3v) is 5.23. The Labute approximate surface area is 193 Å². The zero-order valence-corrected chi connectivity index (χ0v) is 20.6. The minimum Gasteiger partial charge on any atom is -0.492 e. The molecule has 160 valence electrons. The van der Waals surface area contributed by atoms with E-state index in [2.05, 4.69) is 20.6 Å². The average Bonchev–Trinajstić information content (AvgIpc) is 3.07. The molecule has 0 saturated heterocycles. The van der Waals surface area contributed by atoms with Gasteiger partial charge in [0.05, 0.1) is 24.9 Å². The van der Waals surface area contributed by atoms with Gasteiger partial charge in [0.15, 0.2) is 5.96 Å². The van der Waals surface area contributed by atoms with Crippen molar-refractivity contribution >= 4 is 47.2 Å². The molecule has 9 heteroatoms. The van der Waals surface area contributed by atoms with Crippen LogP contribution < -0.4 is 15.4 Å². The number of ether oxygens (including phenoxy) is 2. The number of nitrogens with one attached hydrogen (secondary N) is 2. The largest absolute Gasteiger partial charge is 0.492 e. The molecule has 1 atom stereocenters. The number of nitrogens with zero attached hydrogens (tertiary/aromatic N) is 2. The van der Waals surface area contributed by atoms with Crippen LogP contribution in [0.25, 0.3) is 0 Å². The van der Waals surface area contributed by atoms with E-state index >= 15 is 0 Å². The van der Waals surface area contributed by atoms with Crippen LogP contribution in [0, 0.1) is 13.8 Å². The van der Waals surface area contributed by atoms with Gasteiger partial charge >= 0.3 is 5.97 Å². The first-order valence-corrected chi connectivity index (χ1v) is 10.1. The number of benzene rings is 1. The van der Waals surface area contributed by atoms with E-state index in [1.807, 2.05) is 45.0 Å². The number of aryl methyl sites for hydroxylation is 2. The maximum Gasteiger partial charge on any atom is 0.350 e. The van der Waals surface area contributed by atoms with Crippen molar-refractivity contribution in [1.82, 2.24) is 15.6 Å². The lowest BCUT2D eigenvalue weighted by atomic mass is 10.2. The van der Waals surface area contributed by atoms with Crippen molar-refractivity contribution in [2.24, 2.45) is 4.99 Å². The summed E-state index contributed by atoms with van der Waals surface area (Å²) in [4.78, 5) is 21.2. The van der Waals surface area contributed by atoms with E-state index in [1.54, 1.807) is 14.0 Å². The molecule has 0 fully saturated rings. The second kappa shape index (κ2) is 12.6. The first kappa shape index (κ1) is 25.2. The van der Waals surface area contributed by atoms with E-state index in [1.165, 1.54) is 16.9 Å². The summed E-state index contributed by atoms with van der Waals surface area (Å²) < 4.78 is 10.8. The van der Waals surface area contributed by atoms with Crippen molar-refractivity contribution in [2.75, 3.05) is 26.8 Å². The van der Waals surface area contributed by atoms with E-state index in [0.29, 0.717) is 36.3 Å². The van der Waals surface area contributed by atoms with Gasteiger partial charge in [-0.3, -0.25) is 4.99 Å². The number of aliphatic imine (C=N–C) groups is 1. The molecule has 0 bridgehead atoms. The fraction of sp³-hybridized carbons (Fsp3) is 0.450. The van der Waals surface area contributed by atoms with Gasteiger partial charge in [0.25, 0.3) is 0 Å². The number of rotatable bonds is 8. The summed E-state index contributed by atoms with van der Waals surface area (Å²) in [5, 5.41) is 7.30. The minimum absolute atomic E-state index is 0. The number of thiazole rings is 1. The quantitative estimate of drug-likeness (QED) is 0.177. The Morgan fingerprint density at radius 2 is 1.97 bits per heavy atom. The second-order valence-corrected chi connectivity index (χ2v) is 7.24. The highest BCUT2D eigenvalue weighted by Crippen LogP contribution is 2.24. The normalized spacial score (nSPS) is 12.0. The molecule has 1 unspecified atom stereocenters. The van der Waals surface area contributed by atoms with Crippen molar-refractivity contribution in [3.05, 3.63) is 45.4 Å². The molecule has 1 heterocycles. The van der Waals surface area contributed by atoms with Crippen LogP contribution in [0.4, 0.5) is 0 Å². The highest BCUT2D eigenvalue weighted by Gasteiger charge is 2.20. The molecule has 0 amide bonds. The summed E-state index contributed by atoms with van der Waals surface area (Å²) in [5.74, 6) is 1.16.